The standard InChI is InChI=1S/C17H21N4O2Si/c1-17(2,3)23-16(22)21-10-8-20(9-11-21)14-12-6-4-5-7-13(12)18-15(24)19-14/h4-7H,8-11H2,1-3H3. The van der Waals surface area contributed by atoms with Crippen LogP contribution in [0.25, 0.3) is 10.9 Å². The highest BCUT2D eigenvalue weighted by Gasteiger charge is 2.27. The Morgan fingerprint density at radius 2 is 1.79 bits per heavy atom. The Bertz CT molecular complexity index is 752. The van der Waals surface area contributed by atoms with Crippen molar-refractivity contribution in [2.24, 2.45) is 0 Å². The van der Waals surface area contributed by atoms with E-state index in [0.29, 0.717) is 31.6 Å². The lowest BCUT2D eigenvalue weighted by molar-refractivity contribution is 0.0240. The van der Waals surface area contributed by atoms with Gasteiger partial charge in [0.1, 0.15) is 27.1 Å². The van der Waals surface area contributed by atoms with Crippen molar-refractivity contribution in [3.8, 4) is 0 Å². The number of carbonyl (C=O) groups is 1. The topological polar surface area (TPSA) is 58.6 Å². The van der Waals surface area contributed by atoms with Gasteiger partial charge >= 0.3 is 6.09 Å². The van der Waals surface area contributed by atoms with Crippen LogP contribution in [0.4, 0.5) is 10.6 Å². The summed E-state index contributed by atoms with van der Waals surface area (Å²) in [6.07, 6.45) is -0.254. The summed E-state index contributed by atoms with van der Waals surface area (Å²) in [5, 5.41) is 1.02. The van der Waals surface area contributed by atoms with Gasteiger partial charge < -0.3 is 14.5 Å². The molecular formula is C17H21N4O2Si. The molecule has 2 heterocycles. The van der Waals surface area contributed by atoms with Crippen LogP contribution in [-0.2, 0) is 4.74 Å². The van der Waals surface area contributed by atoms with Gasteiger partial charge in [-0.15, -0.1) is 0 Å². The first-order valence-corrected chi connectivity index (χ1v) is 8.55. The zero-order valence-corrected chi connectivity index (χ0v) is 15.2. The quantitative estimate of drug-likeness (QED) is 0.736. The third kappa shape index (κ3) is 3.67. The molecule has 1 saturated heterocycles. The minimum atomic E-state index is -0.471. The fourth-order valence-electron chi connectivity index (χ4n) is 2.73. The first-order chi connectivity index (χ1) is 11.3. The van der Waals surface area contributed by atoms with E-state index >= 15 is 0 Å². The van der Waals surface area contributed by atoms with Gasteiger partial charge in [-0.1, -0.05) is 12.1 Å². The molecule has 0 unspecified atom stereocenters. The second-order valence-corrected chi connectivity index (χ2v) is 7.29. The number of ether oxygens (including phenoxy) is 1. The summed E-state index contributed by atoms with van der Waals surface area (Å²) in [5.41, 5.74) is 1.00. The number of benzene rings is 1. The van der Waals surface area contributed by atoms with Crippen LogP contribution in [-0.4, -0.2) is 63.0 Å². The third-order valence-electron chi connectivity index (χ3n) is 3.81. The molecule has 1 aliphatic rings. The van der Waals surface area contributed by atoms with Gasteiger partial charge in [-0.25, -0.2) is 14.8 Å². The van der Waals surface area contributed by atoms with Crippen LogP contribution in [0.1, 0.15) is 20.8 Å². The Kier molecular flexibility index (Phi) is 4.45. The predicted molar refractivity (Wildman–Crippen MR) is 94.9 cm³/mol. The minimum Gasteiger partial charge on any atom is -0.444 e. The summed E-state index contributed by atoms with van der Waals surface area (Å²) in [6.45, 7) is 8.30. The Morgan fingerprint density at radius 1 is 1.12 bits per heavy atom. The summed E-state index contributed by atoms with van der Waals surface area (Å²) >= 11 is 0. The summed E-state index contributed by atoms with van der Waals surface area (Å²) in [7, 11) is 3.44. The lowest BCUT2D eigenvalue weighted by Crippen LogP contribution is -2.50. The fourth-order valence-corrected chi connectivity index (χ4v) is 2.95. The number of anilines is 1. The van der Waals surface area contributed by atoms with Crippen LogP contribution in [0.2, 0.25) is 0 Å². The molecule has 0 spiro atoms. The van der Waals surface area contributed by atoms with Crippen molar-refractivity contribution >= 4 is 38.5 Å². The maximum Gasteiger partial charge on any atom is 0.410 e. The van der Waals surface area contributed by atoms with Crippen LogP contribution < -0.4 is 10.3 Å². The Morgan fingerprint density at radius 3 is 2.46 bits per heavy atom. The molecule has 0 atom stereocenters. The summed E-state index contributed by atoms with van der Waals surface area (Å²) < 4.78 is 5.44. The molecular weight excluding hydrogens is 320 g/mol. The van der Waals surface area contributed by atoms with E-state index in [1.54, 1.807) is 4.90 Å². The van der Waals surface area contributed by atoms with E-state index < -0.39 is 5.60 Å². The number of amides is 1. The number of carbonyl (C=O) groups excluding carboxylic acids is 1. The number of aromatic nitrogens is 2. The van der Waals surface area contributed by atoms with Gasteiger partial charge in [0.15, 0.2) is 0 Å². The highest BCUT2D eigenvalue weighted by molar-refractivity contribution is 6.29. The van der Waals surface area contributed by atoms with Crippen molar-refractivity contribution in [3.05, 3.63) is 24.3 Å². The van der Waals surface area contributed by atoms with Crippen LogP contribution >= 0.6 is 0 Å². The highest BCUT2D eigenvalue weighted by atomic mass is 28.1. The second-order valence-electron chi connectivity index (χ2n) is 6.84. The van der Waals surface area contributed by atoms with Gasteiger partial charge in [0.2, 0.25) is 0 Å². The van der Waals surface area contributed by atoms with Crippen molar-refractivity contribution in [3.63, 3.8) is 0 Å². The molecule has 1 aliphatic heterocycles. The van der Waals surface area contributed by atoms with Gasteiger partial charge in [-0.05, 0) is 32.9 Å². The molecule has 6 nitrogen and oxygen atoms in total. The van der Waals surface area contributed by atoms with Crippen molar-refractivity contribution < 1.29 is 9.53 Å². The monoisotopic (exact) mass is 341 g/mol. The number of hydrogen-bond acceptors (Lipinski definition) is 5. The SMILES string of the molecule is CC(C)(C)OC(=O)N1CCN(c2nc([Si])nc3ccccc23)CC1. The van der Waals surface area contributed by atoms with E-state index in [4.69, 9.17) is 4.74 Å². The maximum absolute atomic E-state index is 12.2. The van der Waals surface area contributed by atoms with Crippen LogP contribution in [0.3, 0.4) is 0 Å². The molecule has 24 heavy (non-hydrogen) atoms. The zero-order valence-electron chi connectivity index (χ0n) is 14.2. The molecule has 0 bridgehead atoms. The van der Waals surface area contributed by atoms with Gasteiger partial charge in [-0.3, -0.25) is 0 Å². The zero-order chi connectivity index (χ0) is 17.3. The molecule has 125 valence electrons. The Labute approximate surface area is 145 Å². The van der Waals surface area contributed by atoms with E-state index in [1.165, 1.54) is 0 Å². The molecule has 1 aromatic heterocycles. The first-order valence-electron chi connectivity index (χ1n) is 8.05. The molecule has 0 N–H and O–H groups in total. The average Bonchev–Trinajstić information content (AvgIpc) is 2.52. The van der Waals surface area contributed by atoms with Gasteiger partial charge in [0.05, 0.1) is 5.52 Å². The molecule has 3 radical (unpaired) electrons. The van der Waals surface area contributed by atoms with Crippen molar-refractivity contribution in [2.45, 2.75) is 26.4 Å². The van der Waals surface area contributed by atoms with Crippen LogP contribution in [0.15, 0.2) is 24.3 Å². The number of hydrogen-bond donors (Lipinski definition) is 0. The van der Waals surface area contributed by atoms with Gasteiger partial charge in [0.25, 0.3) is 0 Å². The maximum atomic E-state index is 12.2. The van der Waals surface area contributed by atoms with Crippen molar-refractivity contribution in [2.75, 3.05) is 31.1 Å². The van der Waals surface area contributed by atoms with E-state index in [1.807, 2.05) is 45.0 Å². The van der Waals surface area contributed by atoms with E-state index in [9.17, 15) is 4.79 Å². The molecule has 1 fully saturated rings. The summed E-state index contributed by atoms with van der Waals surface area (Å²) in [6, 6.07) is 7.95. The molecule has 7 heteroatoms. The van der Waals surface area contributed by atoms with E-state index in [0.717, 1.165) is 16.7 Å². The third-order valence-corrected chi connectivity index (χ3v) is 4.04. The molecule has 1 aromatic carbocycles. The lowest BCUT2D eigenvalue weighted by Gasteiger charge is -2.36. The lowest BCUT2D eigenvalue weighted by atomic mass is 10.2. The average molecular weight is 341 g/mol. The Hall–Kier alpha value is -2.15. The summed E-state index contributed by atoms with van der Waals surface area (Å²) in [5.74, 6) is 0.898. The normalized spacial score (nSPS) is 15.7. The molecule has 2 aromatic rings. The molecule has 3 rings (SSSR count). The van der Waals surface area contributed by atoms with Crippen LogP contribution in [0.5, 0.6) is 0 Å². The van der Waals surface area contributed by atoms with Gasteiger partial charge in [-0.2, -0.15) is 0 Å². The molecule has 0 aliphatic carbocycles. The Balaban J connectivity index is 1.75. The number of nitrogens with zero attached hydrogens (tertiary/aromatic N) is 4. The largest absolute Gasteiger partial charge is 0.444 e. The number of fused-ring (bicyclic) bond motifs is 1. The number of rotatable bonds is 1. The first kappa shape index (κ1) is 16.7. The molecule has 0 saturated carbocycles. The van der Waals surface area contributed by atoms with E-state index in [-0.39, 0.29) is 6.09 Å². The predicted octanol–water partition coefficient (Wildman–Crippen LogP) is 1.48. The van der Waals surface area contributed by atoms with Gasteiger partial charge in [0, 0.05) is 31.6 Å². The molecule has 1 amide bonds. The van der Waals surface area contributed by atoms with Crippen molar-refractivity contribution in [1.82, 2.24) is 14.9 Å². The summed E-state index contributed by atoms with van der Waals surface area (Å²) in [4.78, 5) is 25.1. The smallest absolute Gasteiger partial charge is 0.410 e. The van der Waals surface area contributed by atoms with Crippen molar-refractivity contribution in [1.29, 1.82) is 0 Å². The fraction of sp³-hybridized carbons (Fsp3) is 0.471. The van der Waals surface area contributed by atoms with Crippen LogP contribution in [0, 0.1) is 0 Å². The minimum absolute atomic E-state index is 0.254. The number of piperazine rings is 1. The highest BCUT2D eigenvalue weighted by Crippen LogP contribution is 2.23. The number of para-hydroxylation sites is 1. The second kappa shape index (κ2) is 6.39. The van der Waals surface area contributed by atoms with E-state index in [2.05, 4.69) is 25.1 Å².